The van der Waals surface area contributed by atoms with E-state index in [0.29, 0.717) is 35.7 Å². The molecule has 5 aromatic rings. The summed E-state index contributed by atoms with van der Waals surface area (Å²) in [5, 5.41) is 13.7. The van der Waals surface area contributed by atoms with E-state index in [1.807, 2.05) is 66.7 Å². The van der Waals surface area contributed by atoms with Crippen molar-refractivity contribution >= 4 is 22.8 Å². The van der Waals surface area contributed by atoms with Crippen LogP contribution in [0.3, 0.4) is 0 Å². The molecule has 5 heteroatoms. The van der Waals surface area contributed by atoms with Crippen molar-refractivity contribution in [2.45, 2.75) is 66.0 Å². The van der Waals surface area contributed by atoms with Crippen LogP contribution in [0.25, 0.3) is 22.0 Å². The molecule has 0 unspecified atom stereocenters. The number of amides is 1. The summed E-state index contributed by atoms with van der Waals surface area (Å²) in [6.07, 6.45) is 4.50. The summed E-state index contributed by atoms with van der Waals surface area (Å²) in [4.78, 5) is 24.7. The fraction of sp³-hybridized carbons (Fsp3) is 0.263. The van der Waals surface area contributed by atoms with Crippen molar-refractivity contribution in [2.24, 2.45) is 0 Å². The van der Waals surface area contributed by atoms with E-state index in [-0.39, 0.29) is 5.91 Å². The SMILES string of the molecule is C1CC1.Cc1c(C)n(Cc2ccc(-c3ccccc3C(=O)O)cc2)c2ccc(C(=O)NCc3cccc(C(C)C)c3)cc12. The van der Waals surface area contributed by atoms with E-state index in [9.17, 15) is 14.7 Å². The number of carboxylic acids is 1. The topological polar surface area (TPSA) is 71.3 Å². The zero-order chi connectivity index (χ0) is 30.5. The van der Waals surface area contributed by atoms with Crippen LogP contribution >= 0.6 is 0 Å². The monoisotopic (exact) mass is 572 g/mol. The Morgan fingerprint density at radius 1 is 0.837 bits per heavy atom. The van der Waals surface area contributed by atoms with Gasteiger partial charge >= 0.3 is 5.97 Å². The second kappa shape index (κ2) is 13.1. The average Bonchev–Trinajstić information content (AvgIpc) is 3.90. The number of nitrogens with zero attached hydrogens (tertiary/aromatic N) is 1. The number of hydrogen-bond acceptors (Lipinski definition) is 2. The molecule has 1 saturated carbocycles. The van der Waals surface area contributed by atoms with Crippen LogP contribution in [0.2, 0.25) is 0 Å². The fourth-order valence-corrected chi connectivity index (χ4v) is 5.24. The minimum atomic E-state index is -0.932. The van der Waals surface area contributed by atoms with Crippen molar-refractivity contribution in [3.8, 4) is 11.1 Å². The maximum absolute atomic E-state index is 13.0. The summed E-state index contributed by atoms with van der Waals surface area (Å²) in [6, 6.07) is 29.4. The normalized spacial score (nSPS) is 12.1. The van der Waals surface area contributed by atoms with Crippen LogP contribution in [-0.4, -0.2) is 21.6 Å². The Hall–Kier alpha value is -4.64. The maximum Gasteiger partial charge on any atom is 0.336 e. The number of aryl methyl sites for hydroxylation is 1. The largest absolute Gasteiger partial charge is 0.478 e. The predicted molar refractivity (Wildman–Crippen MR) is 175 cm³/mol. The molecule has 43 heavy (non-hydrogen) atoms. The van der Waals surface area contributed by atoms with Crippen molar-refractivity contribution in [1.29, 1.82) is 0 Å². The van der Waals surface area contributed by atoms with Gasteiger partial charge in [0.25, 0.3) is 5.91 Å². The van der Waals surface area contributed by atoms with Crippen molar-refractivity contribution in [2.75, 3.05) is 0 Å². The van der Waals surface area contributed by atoms with Gasteiger partial charge in [-0.25, -0.2) is 4.79 Å². The number of carbonyl (C=O) groups is 2. The molecule has 0 bridgehead atoms. The summed E-state index contributed by atoms with van der Waals surface area (Å²) in [7, 11) is 0. The van der Waals surface area contributed by atoms with Crippen molar-refractivity contribution in [3.05, 3.63) is 130 Å². The van der Waals surface area contributed by atoms with Crippen LogP contribution in [0.5, 0.6) is 0 Å². The number of fused-ring (bicyclic) bond motifs is 1. The summed E-state index contributed by atoms with van der Waals surface area (Å²) in [6.45, 7) is 9.70. The Kier molecular flexibility index (Phi) is 9.10. The van der Waals surface area contributed by atoms with Crippen LogP contribution in [-0.2, 0) is 13.1 Å². The first-order chi connectivity index (χ1) is 20.7. The molecule has 1 aliphatic rings. The first-order valence-electron chi connectivity index (χ1n) is 15.1. The molecule has 0 spiro atoms. The lowest BCUT2D eigenvalue weighted by molar-refractivity contribution is 0.0697. The summed E-state index contributed by atoms with van der Waals surface area (Å²) < 4.78 is 2.27. The molecule has 2 N–H and O–H groups in total. The Bertz CT molecular complexity index is 1760. The first kappa shape index (κ1) is 29.8. The molecular weight excluding hydrogens is 532 g/mol. The number of nitrogens with one attached hydrogen (secondary N) is 1. The molecule has 1 aromatic heterocycles. The van der Waals surface area contributed by atoms with Gasteiger partial charge < -0.3 is 15.0 Å². The Labute approximate surface area is 254 Å². The van der Waals surface area contributed by atoms with Gasteiger partial charge in [-0.2, -0.15) is 0 Å². The zero-order valence-electron chi connectivity index (χ0n) is 25.5. The Balaban J connectivity index is 0.00000115. The molecule has 4 aromatic carbocycles. The van der Waals surface area contributed by atoms with E-state index in [1.165, 1.54) is 24.8 Å². The number of carboxylic acid groups (broad SMARTS) is 1. The highest BCUT2D eigenvalue weighted by Crippen LogP contribution is 2.29. The van der Waals surface area contributed by atoms with Crippen molar-refractivity contribution < 1.29 is 14.7 Å². The minimum Gasteiger partial charge on any atom is -0.478 e. The first-order valence-corrected chi connectivity index (χ1v) is 15.1. The molecule has 220 valence electrons. The van der Waals surface area contributed by atoms with E-state index in [4.69, 9.17) is 0 Å². The fourth-order valence-electron chi connectivity index (χ4n) is 5.24. The van der Waals surface area contributed by atoms with E-state index in [2.05, 4.69) is 49.7 Å². The molecule has 0 aliphatic heterocycles. The standard InChI is InChI=1S/C35H34N2O3.C3H6/c1-22(2)28-9-7-8-26(18-28)20-36-34(38)29-16-17-33-32(19-29)23(3)24(4)37(33)21-25-12-14-27(15-13-25)30-10-5-6-11-31(30)35(39)40;1-2-3-1/h5-19,22H,20-21H2,1-4H3,(H,36,38)(H,39,40);1-3H2. The van der Waals surface area contributed by atoms with Gasteiger partial charge in [0.15, 0.2) is 0 Å². The number of carbonyl (C=O) groups excluding carboxylic acids is 1. The second-order valence-electron chi connectivity index (χ2n) is 11.7. The second-order valence-corrected chi connectivity index (χ2v) is 11.7. The van der Waals surface area contributed by atoms with Gasteiger partial charge in [-0.1, -0.05) is 99.8 Å². The van der Waals surface area contributed by atoms with Gasteiger partial charge in [0.2, 0.25) is 0 Å². The molecule has 6 rings (SSSR count). The lowest BCUT2D eigenvalue weighted by Crippen LogP contribution is -2.22. The molecule has 5 nitrogen and oxygen atoms in total. The third kappa shape index (κ3) is 7.06. The summed E-state index contributed by atoms with van der Waals surface area (Å²) in [5.74, 6) is -0.572. The highest BCUT2D eigenvalue weighted by molar-refractivity contribution is 5.99. The van der Waals surface area contributed by atoms with Crippen LogP contribution in [0.15, 0.2) is 91.0 Å². The molecule has 1 heterocycles. The van der Waals surface area contributed by atoms with Crippen molar-refractivity contribution in [3.63, 3.8) is 0 Å². The van der Waals surface area contributed by atoms with Gasteiger partial charge in [-0.05, 0) is 77.4 Å². The molecule has 0 saturated heterocycles. The van der Waals surface area contributed by atoms with Gasteiger partial charge in [-0.15, -0.1) is 0 Å². The number of benzene rings is 4. The molecule has 1 fully saturated rings. The smallest absolute Gasteiger partial charge is 0.336 e. The average molecular weight is 573 g/mol. The Morgan fingerprint density at radius 2 is 1.56 bits per heavy atom. The minimum absolute atomic E-state index is 0.0844. The number of aromatic carboxylic acids is 1. The summed E-state index contributed by atoms with van der Waals surface area (Å²) >= 11 is 0. The van der Waals surface area contributed by atoms with Gasteiger partial charge in [0.1, 0.15) is 0 Å². The molecule has 1 aliphatic carbocycles. The van der Waals surface area contributed by atoms with E-state index >= 15 is 0 Å². The van der Waals surface area contributed by atoms with Gasteiger partial charge in [-0.3, -0.25) is 4.79 Å². The molecule has 1 amide bonds. The maximum atomic E-state index is 13.0. The van der Waals surface area contributed by atoms with Crippen molar-refractivity contribution in [1.82, 2.24) is 9.88 Å². The molecule has 0 atom stereocenters. The van der Waals surface area contributed by atoms with Crippen LogP contribution in [0.4, 0.5) is 0 Å². The molecular formula is C38H40N2O3. The van der Waals surface area contributed by atoms with E-state index in [0.717, 1.165) is 38.9 Å². The van der Waals surface area contributed by atoms with Crippen LogP contribution in [0.1, 0.15) is 87.7 Å². The number of aromatic nitrogens is 1. The third-order valence-corrected chi connectivity index (χ3v) is 8.09. The zero-order valence-corrected chi connectivity index (χ0v) is 25.5. The number of hydrogen-bond donors (Lipinski definition) is 2. The molecule has 0 radical (unpaired) electrons. The quantitative estimate of drug-likeness (QED) is 0.195. The third-order valence-electron chi connectivity index (χ3n) is 8.09. The van der Waals surface area contributed by atoms with E-state index in [1.54, 1.807) is 12.1 Å². The van der Waals surface area contributed by atoms with E-state index < -0.39 is 5.97 Å². The lowest BCUT2D eigenvalue weighted by atomic mass is 9.99. The summed E-state index contributed by atoms with van der Waals surface area (Å²) in [5.41, 5.74) is 9.38. The van der Waals surface area contributed by atoms with Crippen LogP contribution < -0.4 is 5.32 Å². The highest BCUT2D eigenvalue weighted by atomic mass is 16.4. The lowest BCUT2D eigenvalue weighted by Gasteiger charge is -2.11. The highest BCUT2D eigenvalue weighted by Gasteiger charge is 2.15. The Morgan fingerprint density at radius 3 is 2.23 bits per heavy atom. The van der Waals surface area contributed by atoms with Crippen LogP contribution in [0, 0.1) is 13.8 Å². The van der Waals surface area contributed by atoms with Gasteiger partial charge in [0, 0.05) is 35.2 Å². The van der Waals surface area contributed by atoms with Gasteiger partial charge in [0.05, 0.1) is 5.56 Å². The number of rotatable bonds is 8. The predicted octanol–water partition coefficient (Wildman–Crippen LogP) is 8.90.